The van der Waals surface area contributed by atoms with Crippen LogP contribution in [0.4, 0.5) is 0 Å². The molecule has 0 unspecified atom stereocenters. The Labute approximate surface area is 174 Å². The zero-order valence-electron chi connectivity index (χ0n) is 17.3. The van der Waals surface area contributed by atoms with Crippen LogP contribution in [0.3, 0.4) is 0 Å². The molecule has 0 spiro atoms. The van der Waals surface area contributed by atoms with Crippen LogP contribution >= 0.6 is 0 Å². The van der Waals surface area contributed by atoms with E-state index in [0.717, 1.165) is 19.3 Å². The zero-order valence-corrected chi connectivity index (χ0v) is 17.3. The van der Waals surface area contributed by atoms with Gasteiger partial charge in [0.05, 0.1) is 5.54 Å². The highest BCUT2D eigenvalue weighted by molar-refractivity contribution is 6.01. The lowest BCUT2D eigenvalue weighted by Gasteiger charge is -2.15. The number of amidine groups is 1. The summed E-state index contributed by atoms with van der Waals surface area (Å²) in [5.41, 5.74) is 8.36. The topological polar surface area (TPSA) is 79.0 Å². The molecule has 2 aromatic carbocycles. The molecule has 1 saturated carbocycles. The van der Waals surface area contributed by atoms with E-state index in [1.54, 1.807) is 0 Å². The highest BCUT2D eigenvalue weighted by Crippen LogP contribution is 2.35. The minimum atomic E-state index is -0.586. The van der Waals surface area contributed by atoms with Gasteiger partial charge in [-0.2, -0.15) is 0 Å². The molecule has 1 aliphatic carbocycles. The Kier molecular flexibility index (Phi) is 7.45. The van der Waals surface area contributed by atoms with Crippen molar-refractivity contribution in [3.8, 4) is 0 Å². The van der Waals surface area contributed by atoms with Crippen molar-refractivity contribution in [1.82, 2.24) is 5.32 Å². The number of carbonyl (C=O) groups excluding carboxylic acids is 1. The molecule has 154 valence electrons. The zero-order chi connectivity index (χ0) is 20.5. The van der Waals surface area contributed by atoms with Crippen molar-refractivity contribution >= 4 is 11.7 Å². The van der Waals surface area contributed by atoms with Crippen LogP contribution in [0.5, 0.6) is 0 Å². The maximum Gasteiger partial charge on any atom is 0.252 e. The normalized spacial score (nSPS) is 14.3. The fourth-order valence-electron chi connectivity index (χ4n) is 3.71. The standard InChI is InChI=1S/C25H33N3O/c26-24(27)25(18-19-25)28-23(29)22-16-14-21(15-17-22)13-7-4-2-1-3-6-10-20-11-8-5-9-12-20/h5,8-9,11-12,14-17H,1-4,6-7,10,13,18-19H2,(H3,26,27)(H,28,29). The Morgan fingerprint density at radius 1 is 0.828 bits per heavy atom. The van der Waals surface area contributed by atoms with Gasteiger partial charge in [0.2, 0.25) is 0 Å². The monoisotopic (exact) mass is 391 g/mol. The minimum absolute atomic E-state index is 0.0579. The molecule has 0 aromatic heterocycles. The highest BCUT2D eigenvalue weighted by Gasteiger charge is 2.47. The first kappa shape index (κ1) is 21.1. The van der Waals surface area contributed by atoms with Gasteiger partial charge in [-0.05, 0) is 61.8 Å². The molecule has 0 saturated heterocycles. The quantitative estimate of drug-likeness (QED) is 0.270. The molecule has 0 radical (unpaired) electrons. The van der Waals surface area contributed by atoms with E-state index in [0.29, 0.717) is 5.56 Å². The molecule has 2 aromatic rings. The van der Waals surface area contributed by atoms with E-state index < -0.39 is 5.54 Å². The average molecular weight is 392 g/mol. The molecule has 4 nitrogen and oxygen atoms in total. The molecular weight excluding hydrogens is 358 g/mol. The Balaban J connectivity index is 1.27. The van der Waals surface area contributed by atoms with Crippen LogP contribution < -0.4 is 11.1 Å². The number of rotatable bonds is 12. The first-order valence-corrected chi connectivity index (χ1v) is 10.9. The number of hydrogen-bond acceptors (Lipinski definition) is 2. The second kappa shape index (κ2) is 10.2. The van der Waals surface area contributed by atoms with Crippen molar-refractivity contribution in [2.45, 2.75) is 69.7 Å². The van der Waals surface area contributed by atoms with Crippen molar-refractivity contribution in [3.63, 3.8) is 0 Å². The van der Waals surface area contributed by atoms with Crippen molar-refractivity contribution in [2.75, 3.05) is 0 Å². The third-order valence-corrected chi connectivity index (χ3v) is 5.86. The molecule has 1 aliphatic rings. The van der Waals surface area contributed by atoms with Gasteiger partial charge >= 0.3 is 0 Å². The fourth-order valence-corrected chi connectivity index (χ4v) is 3.71. The molecule has 1 fully saturated rings. The van der Waals surface area contributed by atoms with E-state index in [2.05, 4.69) is 35.6 Å². The van der Waals surface area contributed by atoms with E-state index in [9.17, 15) is 4.79 Å². The Bertz CT molecular complexity index is 795. The van der Waals surface area contributed by atoms with Crippen molar-refractivity contribution in [1.29, 1.82) is 5.41 Å². The first-order chi connectivity index (χ1) is 14.1. The SMILES string of the molecule is N=C(N)C1(NC(=O)c2ccc(CCCCCCCCc3ccccc3)cc2)CC1. The van der Waals surface area contributed by atoms with Crippen molar-refractivity contribution in [2.24, 2.45) is 5.73 Å². The molecule has 3 rings (SSSR count). The molecule has 29 heavy (non-hydrogen) atoms. The summed E-state index contributed by atoms with van der Waals surface area (Å²) >= 11 is 0. The number of unbranched alkanes of at least 4 members (excludes halogenated alkanes) is 5. The molecule has 0 bridgehead atoms. The number of benzene rings is 2. The van der Waals surface area contributed by atoms with E-state index in [1.165, 1.54) is 56.1 Å². The van der Waals surface area contributed by atoms with Gasteiger partial charge in [-0.1, -0.05) is 68.1 Å². The van der Waals surface area contributed by atoms with Crippen molar-refractivity contribution in [3.05, 3.63) is 71.3 Å². The van der Waals surface area contributed by atoms with Crippen LogP contribution in [0, 0.1) is 5.41 Å². The summed E-state index contributed by atoms with van der Waals surface area (Å²) in [7, 11) is 0. The number of nitrogens with one attached hydrogen (secondary N) is 2. The van der Waals surface area contributed by atoms with Crippen LogP contribution in [0.1, 0.15) is 72.9 Å². The lowest BCUT2D eigenvalue weighted by Crippen LogP contribution is -2.46. The van der Waals surface area contributed by atoms with Gasteiger partial charge in [0, 0.05) is 5.56 Å². The minimum Gasteiger partial charge on any atom is -0.386 e. The largest absolute Gasteiger partial charge is 0.386 e. The smallest absolute Gasteiger partial charge is 0.252 e. The van der Waals surface area contributed by atoms with E-state index in [4.69, 9.17) is 11.1 Å². The summed E-state index contributed by atoms with van der Waals surface area (Å²) in [5, 5.41) is 10.5. The maximum atomic E-state index is 12.3. The molecular formula is C25H33N3O. The number of nitrogens with two attached hydrogens (primary N) is 1. The average Bonchev–Trinajstić information content (AvgIpc) is 3.52. The Hall–Kier alpha value is -2.62. The maximum absolute atomic E-state index is 12.3. The van der Waals surface area contributed by atoms with E-state index in [-0.39, 0.29) is 11.7 Å². The van der Waals surface area contributed by atoms with Gasteiger partial charge in [0.15, 0.2) is 0 Å². The molecule has 0 aliphatic heterocycles. The van der Waals surface area contributed by atoms with E-state index in [1.807, 2.05) is 24.3 Å². The summed E-state index contributed by atoms with van der Waals surface area (Å²) in [6.45, 7) is 0. The second-order valence-electron chi connectivity index (χ2n) is 8.25. The summed E-state index contributed by atoms with van der Waals surface area (Å²) in [6, 6.07) is 18.6. The second-order valence-corrected chi connectivity index (χ2v) is 8.25. The van der Waals surface area contributed by atoms with Crippen LogP contribution in [0.2, 0.25) is 0 Å². The Morgan fingerprint density at radius 2 is 1.34 bits per heavy atom. The predicted molar refractivity (Wildman–Crippen MR) is 119 cm³/mol. The van der Waals surface area contributed by atoms with Crippen LogP contribution in [0.15, 0.2) is 54.6 Å². The summed E-state index contributed by atoms with van der Waals surface area (Å²) < 4.78 is 0. The number of hydrogen-bond donors (Lipinski definition) is 3. The highest BCUT2D eigenvalue weighted by atomic mass is 16.1. The Morgan fingerprint density at radius 3 is 1.86 bits per heavy atom. The van der Waals surface area contributed by atoms with Gasteiger partial charge in [-0.3, -0.25) is 10.2 Å². The van der Waals surface area contributed by atoms with E-state index >= 15 is 0 Å². The lowest BCUT2D eigenvalue weighted by atomic mass is 10.0. The van der Waals surface area contributed by atoms with Gasteiger partial charge in [0.25, 0.3) is 5.91 Å². The van der Waals surface area contributed by atoms with Crippen LogP contribution in [0.25, 0.3) is 0 Å². The fraction of sp³-hybridized carbons (Fsp3) is 0.440. The summed E-state index contributed by atoms with van der Waals surface area (Å²) in [5.74, 6) is -0.0812. The third kappa shape index (κ3) is 6.45. The number of amides is 1. The molecule has 4 N–H and O–H groups in total. The van der Waals surface area contributed by atoms with Gasteiger partial charge in [-0.25, -0.2) is 0 Å². The summed E-state index contributed by atoms with van der Waals surface area (Å²) in [6.07, 6.45) is 11.4. The summed E-state index contributed by atoms with van der Waals surface area (Å²) in [4.78, 5) is 12.3. The van der Waals surface area contributed by atoms with Crippen LogP contribution in [-0.2, 0) is 12.8 Å². The number of carbonyl (C=O) groups is 1. The predicted octanol–water partition coefficient (Wildman–Crippen LogP) is 5.01. The van der Waals surface area contributed by atoms with Gasteiger partial charge in [-0.15, -0.1) is 0 Å². The number of aryl methyl sites for hydroxylation is 2. The van der Waals surface area contributed by atoms with Gasteiger partial charge < -0.3 is 11.1 Å². The van der Waals surface area contributed by atoms with Crippen molar-refractivity contribution < 1.29 is 4.79 Å². The van der Waals surface area contributed by atoms with Crippen LogP contribution in [-0.4, -0.2) is 17.3 Å². The molecule has 1 amide bonds. The molecule has 0 heterocycles. The third-order valence-electron chi connectivity index (χ3n) is 5.86. The molecule has 0 atom stereocenters. The first-order valence-electron chi connectivity index (χ1n) is 10.9. The molecule has 4 heteroatoms. The van der Waals surface area contributed by atoms with Gasteiger partial charge in [0.1, 0.15) is 5.84 Å². The lowest BCUT2D eigenvalue weighted by molar-refractivity contribution is 0.0943.